The second-order valence-corrected chi connectivity index (χ2v) is 7.08. The number of allylic oxidation sites excluding steroid dienone is 4. The molecule has 9 nitrogen and oxygen atoms in total. The van der Waals surface area contributed by atoms with Crippen molar-refractivity contribution < 1.29 is 4.79 Å². The van der Waals surface area contributed by atoms with Crippen LogP contribution in [-0.2, 0) is 4.79 Å². The summed E-state index contributed by atoms with van der Waals surface area (Å²) in [7, 11) is 0. The third-order valence-electron chi connectivity index (χ3n) is 5.26. The molecule has 0 unspecified atom stereocenters. The SMILES string of the molecule is CC(=O)N1CCC(n2cc(Nc3nc(C4=CC=C4)nc4cn[nH]c34)cn2)CC1. The molecule has 0 saturated carbocycles. The number of rotatable bonds is 4. The first-order valence-electron chi connectivity index (χ1n) is 9.34. The predicted octanol–water partition coefficient (Wildman–Crippen LogP) is 2.43. The van der Waals surface area contributed by atoms with Gasteiger partial charge < -0.3 is 10.2 Å². The summed E-state index contributed by atoms with van der Waals surface area (Å²) in [5, 5.41) is 14.9. The van der Waals surface area contributed by atoms with Crippen LogP contribution in [0.15, 0.2) is 36.8 Å². The van der Waals surface area contributed by atoms with E-state index >= 15 is 0 Å². The van der Waals surface area contributed by atoms with E-state index in [2.05, 4.69) is 30.6 Å². The van der Waals surface area contributed by atoms with E-state index in [1.54, 1.807) is 19.3 Å². The van der Waals surface area contributed by atoms with Gasteiger partial charge in [-0.1, -0.05) is 18.2 Å². The van der Waals surface area contributed by atoms with Gasteiger partial charge in [-0.2, -0.15) is 10.2 Å². The lowest BCUT2D eigenvalue weighted by Gasteiger charge is -2.31. The number of piperidine rings is 1. The molecule has 1 amide bonds. The number of anilines is 2. The summed E-state index contributed by atoms with van der Waals surface area (Å²) in [6, 6.07) is 0.296. The molecule has 0 atom stereocenters. The fourth-order valence-corrected chi connectivity index (χ4v) is 3.59. The maximum absolute atomic E-state index is 11.5. The lowest BCUT2D eigenvalue weighted by molar-refractivity contribution is -0.130. The van der Waals surface area contributed by atoms with Gasteiger partial charge in [0.1, 0.15) is 11.0 Å². The van der Waals surface area contributed by atoms with Gasteiger partial charge in [-0.15, -0.1) is 0 Å². The Morgan fingerprint density at radius 2 is 2.07 bits per heavy atom. The molecule has 2 aliphatic rings. The van der Waals surface area contributed by atoms with E-state index in [0.717, 1.165) is 48.2 Å². The van der Waals surface area contributed by atoms with Gasteiger partial charge in [-0.25, -0.2) is 9.97 Å². The van der Waals surface area contributed by atoms with Crippen molar-refractivity contribution in [3.8, 4) is 0 Å². The number of H-pyrrole nitrogens is 1. The summed E-state index contributed by atoms with van der Waals surface area (Å²) in [5.41, 5.74) is 3.37. The Morgan fingerprint density at radius 3 is 2.79 bits per heavy atom. The Balaban J connectivity index is 1.36. The highest BCUT2D eigenvalue weighted by Crippen LogP contribution is 2.28. The molecule has 28 heavy (non-hydrogen) atoms. The number of fused-ring (bicyclic) bond motifs is 1. The highest BCUT2D eigenvalue weighted by molar-refractivity contribution is 5.89. The van der Waals surface area contributed by atoms with Crippen LogP contribution < -0.4 is 5.32 Å². The summed E-state index contributed by atoms with van der Waals surface area (Å²) < 4.78 is 1.98. The average molecular weight is 376 g/mol. The molecule has 1 aliphatic heterocycles. The molecule has 1 aliphatic carbocycles. The number of amides is 1. The van der Waals surface area contributed by atoms with Crippen molar-refractivity contribution in [3.05, 3.63) is 42.6 Å². The van der Waals surface area contributed by atoms with Crippen LogP contribution in [0.25, 0.3) is 16.6 Å². The van der Waals surface area contributed by atoms with Crippen molar-refractivity contribution in [2.75, 3.05) is 18.4 Å². The standard InChI is InChI=1S/C19H20N8O/c1-12(28)26-7-5-15(6-8-26)27-11-14(9-21-27)22-19-17-16(10-20-25-17)23-18(24-19)13-3-2-4-13/h2-4,9-11,15H,5-8H2,1H3,(H,20,25)(H,22,23,24). The van der Waals surface area contributed by atoms with E-state index in [1.165, 1.54) is 0 Å². The van der Waals surface area contributed by atoms with Gasteiger partial charge in [0.25, 0.3) is 0 Å². The Labute approximate surface area is 161 Å². The molecule has 3 aromatic rings. The monoisotopic (exact) mass is 376 g/mol. The Kier molecular flexibility index (Phi) is 3.92. The second kappa shape index (κ2) is 6.59. The zero-order valence-corrected chi connectivity index (χ0v) is 15.5. The Bertz CT molecular complexity index is 1100. The van der Waals surface area contributed by atoms with Gasteiger partial charge in [0.2, 0.25) is 5.91 Å². The number of hydrogen-bond acceptors (Lipinski definition) is 6. The number of nitrogens with one attached hydrogen (secondary N) is 2. The molecule has 1 fully saturated rings. The first-order valence-corrected chi connectivity index (χ1v) is 9.34. The summed E-state index contributed by atoms with van der Waals surface area (Å²) in [6.07, 6.45) is 13.2. The first kappa shape index (κ1) is 16.7. The smallest absolute Gasteiger partial charge is 0.219 e. The van der Waals surface area contributed by atoms with Crippen LogP contribution in [0.2, 0.25) is 0 Å². The van der Waals surface area contributed by atoms with Crippen LogP contribution in [-0.4, -0.2) is 53.8 Å². The van der Waals surface area contributed by atoms with E-state index in [9.17, 15) is 4.79 Å². The van der Waals surface area contributed by atoms with Gasteiger partial charge in [-0.3, -0.25) is 14.6 Å². The fraction of sp³-hybridized carbons (Fsp3) is 0.316. The number of aromatic amines is 1. The number of carbonyl (C=O) groups excluding carboxylic acids is 1. The molecule has 142 valence electrons. The second-order valence-electron chi connectivity index (χ2n) is 7.08. The largest absolute Gasteiger partial charge is 0.343 e. The van der Waals surface area contributed by atoms with Gasteiger partial charge in [-0.05, 0) is 12.8 Å². The van der Waals surface area contributed by atoms with Crippen LogP contribution in [0.5, 0.6) is 0 Å². The van der Waals surface area contributed by atoms with Gasteiger partial charge in [0, 0.05) is 31.8 Å². The lowest BCUT2D eigenvalue weighted by Crippen LogP contribution is -2.37. The molecule has 0 spiro atoms. The maximum atomic E-state index is 11.5. The molecule has 5 rings (SSSR count). The zero-order chi connectivity index (χ0) is 19.1. The summed E-state index contributed by atoms with van der Waals surface area (Å²) in [6.45, 7) is 3.17. The molecule has 9 heteroatoms. The van der Waals surface area contributed by atoms with Crippen LogP contribution in [0, 0.1) is 0 Å². The van der Waals surface area contributed by atoms with E-state index in [4.69, 9.17) is 0 Å². The van der Waals surface area contributed by atoms with Gasteiger partial charge in [0.15, 0.2) is 11.6 Å². The van der Waals surface area contributed by atoms with E-state index < -0.39 is 0 Å². The van der Waals surface area contributed by atoms with E-state index in [-0.39, 0.29) is 5.91 Å². The van der Waals surface area contributed by atoms with Crippen LogP contribution in [0.1, 0.15) is 31.6 Å². The van der Waals surface area contributed by atoms with Crippen LogP contribution in [0.3, 0.4) is 0 Å². The average Bonchev–Trinajstić information content (AvgIpc) is 3.30. The van der Waals surface area contributed by atoms with E-state index in [1.807, 2.05) is 34.0 Å². The summed E-state index contributed by atoms with van der Waals surface area (Å²) >= 11 is 0. The van der Waals surface area contributed by atoms with E-state index in [0.29, 0.717) is 17.7 Å². The molecule has 3 aromatic heterocycles. The van der Waals surface area contributed by atoms with Crippen molar-refractivity contribution in [2.45, 2.75) is 25.8 Å². The number of hydrogen-bond donors (Lipinski definition) is 2. The molecule has 4 heterocycles. The van der Waals surface area contributed by atoms with Crippen molar-refractivity contribution in [2.24, 2.45) is 0 Å². The van der Waals surface area contributed by atoms with Crippen LogP contribution in [0.4, 0.5) is 11.5 Å². The van der Waals surface area contributed by atoms with Crippen molar-refractivity contribution >= 4 is 34.0 Å². The highest BCUT2D eigenvalue weighted by atomic mass is 16.2. The minimum absolute atomic E-state index is 0.140. The summed E-state index contributed by atoms with van der Waals surface area (Å²) in [5.74, 6) is 1.48. The molecule has 0 bridgehead atoms. The molecule has 0 radical (unpaired) electrons. The fourth-order valence-electron chi connectivity index (χ4n) is 3.59. The topological polar surface area (TPSA) is 105 Å². The predicted molar refractivity (Wildman–Crippen MR) is 105 cm³/mol. The van der Waals surface area contributed by atoms with Crippen LogP contribution >= 0.6 is 0 Å². The minimum atomic E-state index is 0.140. The molecule has 2 N–H and O–H groups in total. The number of nitrogens with zero attached hydrogens (tertiary/aromatic N) is 6. The van der Waals surface area contributed by atoms with Gasteiger partial charge >= 0.3 is 0 Å². The maximum Gasteiger partial charge on any atom is 0.219 e. The number of carbonyl (C=O) groups is 1. The summed E-state index contributed by atoms with van der Waals surface area (Å²) in [4.78, 5) is 22.6. The zero-order valence-electron chi connectivity index (χ0n) is 15.5. The normalized spacial score (nSPS) is 16.9. The minimum Gasteiger partial charge on any atom is -0.343 e. The van der Waals surface area contributed by atoms with Crippen molar-refractivity contribution in [1.82, 2.24) is 34.8 Å². The van der Waals surface area contributed by atoms with Gasteiger partial charge in [0.05, 0.1) is 24.1 Å². The third-order valence-corrected chi connectivity index (χ3v) is 5.26. The Hall–Kier alpha value is -3.49. The molecular weight excluding hydrogens is 356 g/mol. The number of likely N-dealkylation sites (tertiary alicyclic amines) is 1. The molecular formula is C19H20N8O. The third kappa shape index (κ3) is 2.94. The molecule has 0 aromatic carbocycles. The van der Waals surface area contributed by atoms with Crippen molar-refractivity contribution in [3.63, 3.8) is 0 Å². The number of aromatic nitrogens is 6. The Morgan fingerprint density at radius 1 is 1.25 bits per heavy atom. The first-order chi connectivity index (χ1) is 13.7. The highest BCUT2D eigenvalue weighted by Gasteiger charge is 2.22. The van der Waals surface area contributed by atoms with Crippen molar-refractivity contribution in [1.29, 1.82) is 0 Å². The lowest BCUT2D eigenvalue weighted by atomic mass is 10.1. The molecule has 1 saturated heterocycles. The quantitative estimate of drug-likeness (QED) is 0.725.